The monoisotopic (exact) mass is 279 g/mol. The maximum absolute atomic E-state index is 5.80. The van der Waals surface area contributed by atoms with Gasteiger partial charge in [-0.3, -0.25) is 0 Å². The van der Waals surface area contributed by atoms with Crippen LogP contribution in [0.15, 0.2) is 0 Å². The number of aromatic nitrogens is 3. The molecule has 20 heavy (non-hydrogen) atoms. The zero-order valence-electron chi connectivity index (χ0n) is 11.8. The third-order valence-electron chi connectivity index (χ3n) is 3.79. The molecule has 1 saturated heterocycles. The molecule has 7 heteroatoms. The number of nitrogens with two attached hydrogens (primary N) is 1. The van der Waals surface area contributed by atoms with E-state index in [1.807, 2.05) is 6.92 Å². The normalized spacial score (nSPS) is 25.6. The lowest BCUT2D eigenvalue weighted by atomic mass is 10.1. The maximum Gasteiger partial charge on any atom is 0.323 e. The van der Waals surface area contributed by atoms with Crippen LogP contribution in [-0.2, 0) is 4.74 Å². The van der Waals surface area contributed by atoms with Gasteiger partial charge in [0.2, 0.25) is 11.9 Å². The van der Waals surface area contributed by atoms with Crippen LogP contribution in [0.4, 0.5) is 11.9 Å². The van der Waals surface area contributed by atoms with E-state index < -0.39 is 0 Å². The number of hydrogen-bond donors (Lipinski definition) is 1. The summed E-state index contributed by atoms with van der Waals surface area (Å²) in [4.78, 5) is 14.9. The first kappa shape index (κ1) is 13.4. The average Bonchev–Trinajstić information content (AvgIpc) is 2.92. The van der Waals surface area contributed by atoms with Gasteiger partial charge in [-0.05, 0) is 25.7 Å². The molecule has 1 aromatic rings. The lowest BCUT2D eigenvalue weighted by Gasteiger charge is -2.37. The summed E-state index contributed by atoms with van der Waals surface area (Å²) in [6, 6.07) is 0.667. The zero-order valence-corrected chi connectivity index (χ0v) is 11.8. The van der Waals surface area contributed by atoms with Gasteiger partial charge in [0, 0.05) is 6.54 Å². The molecule has 2 fully saturated rings. The molecule has 1 aliphatic carbocycles. The number of nitrogens with zero attached hydrogens (tertiary/aromatic N) is 4. The van der Waals surface area contributed by atoms with E-state index in [0.29, 0.717) is 37.3 Å². The van der Waals surface area contributed by atoms with Gasteiger partial charge in [0.1, 0.15) is 0 Å². The highest BCUT2D eigenvalue weighted by Gasteiger charge is 2.37. The Labute approximate surface area is 118 Å². The predicted molar refractivity (Wildman–Crippen MR) is 74.8 cm³/mol. The standard InChI is InChI=1S/C13H21N5O2/c1-2-7-20-13-16-11(14)15-12(17-13)18-6-8-19-10-5-3-4-9(10)18/h9-10H,2-8H2,1H3,(H2,14,15,16,17). The van der Waals surface area contributed by atoms with Gasteiger partial charge in [-0.15, -0.1) is 0 Å². The van der Waals surface area contributed by atoms with Gasteiger partial charge in [0.15, 0.2) is 0 Å². The van der Waals surface area contributed by atoms with Crippen molar-refractivity contribution in [1.29, 1.82) is 0 Å². The fourth-order valence-electron chi connectivity index (χ4n) is 2.92. The fourth-order valence-corrected chi connectivity index (χ4v) is 2.92. The molecule has 1 aromatic heterocycles. The highest BCUT2D eigenvalue weighted by molar-refractivity contribution is 5.38. The van der Waals surface area contributed by atoms with Crippen LogP contribution in [0.2, 0.25) is 0 Å². The number of hydrogen-bond acceptors (Lipinski definition) is 7. The smallest absolute Gasteiger partial charge is 0.323 e. The third kappa shape index (κ3) is 2.63. The Morgan fingerprint density at radius 1 is 1.35 bits per heavy atom. The van der Waals surface area contributed by atoms with Gasteiger partial charge in [-0.1, -0.05) is 6.92 Å². The summed E-state index contributed by atoms with van der Waals surface area (Å²) in [5, 5.41) is 0. The van der Waals surface area contributed by atoms with Gasteiger partial charge in [-0.2, -0.15) is 15.0 Å². The predicted octanol–water partition coefficient (Wildman–Crippen LogP) is 1.00. The minimum atomic E-state index is 0.210. The first-order valence-corrected chi connectivity index (χ1v) is 7.30. The first-order chi connectivity index (χ1) is 9.78. The van der Waals surface area contributed by atoms with Crippen molar-refractivity contribution in [2.45, 2.75) is 44.8 Å². The number of ether oxygens (including phenoxy) is 2. The van der Waals surface area contributed by atoms with Crippen LogP contribution in [0, 0.1) is 0 Å². The Bertz CT molecular complexity index is 470. The Balaban J connectivity index is 1.82. The highest BCUT2D eigenvalue weighted by Crippen LogP contribution is 2.32. The van der Waals surface area contributed by atoms with E-state index in [-0.39, 0.29) is 5.95 Å². The molecule has 3 rings (SSSR count). The number of nitrogen functional groups attached to an aromatic ring is 1. The van der Waals surface area contributed by atoms with Crippen molar-refractivity contribution in [3.05, 3.63) is 0 Å². The van der Waals surface area contributed by atoms with Crippen LogP contribution in [0.3, 0.4) is 0 Å². The molecular weight excluding hydrogens is 258 g/mol. The minimum absolute atomic E-state index is 0.210. The third-order valence-corrected chi connectivity index (χ3v) is 3.79. The number of anilines is 2. The van der Waals surface area contributed by atoms with Crippen LogP contribution in [0.1, 0.15) is 32.6 Å². The van der Waals surface area contributed by atoms with Crippen LogP contribution in [0.25, 0.3) is 0 Å². The maximum atomic E-state index is 5.80. The largest absolute Gasteiger partial charge is 0.463 e. The molecule has 2 N–H and O–H groups in total. The number of fused-ring (bicyclic) bond motifs is 1. The lowest BCUT2D eigenvalue weighted by Crippen LogP contribution is -2.49. The molecule has 0 bridgehead atoms. The van der Waals surface area contributed by atoms with Crippen molar-refractivity contribution in [1.82, 2.24) is 15.0 Å². The summed E-state index contributed by atoms with van der Waals surface area (Å²) < 4.78 is 11.3. The molecule has 110 valence electrons. The summed E-state index contributed by atoms with van der Waals surface area (Å²) in [6.07, 6.45) is 4.61. The van der Waals surface area contributed by atoms with Crippen LogP contribution < -0.4 is 15.4 Å². The van der Waals surface area contributed by atoms with Gasteiger partial charge < -0.3 is 20.1 Å². The van der Waals surface area contributed by atoms with Gasteiger partial charge in [0.05, 0.1) is 25.4 Å². The quantitative estimate of drug-likeness (QED) is 0.879. The van der Waals surface area contributed by atoms with Crippen molar-refractivity contribution in [3.63, 3.8) is 0 Å². The van der Waals surface area contributed by atoms with E-state index in [1.165, 1.54) is 6.42 Å². The van der Waals surface area contributed by atoms with E-state index in [0.717, 1.165) is 25.8 Å². The van der Waals surface area contributed by atoms with Crippen molar-refractivity contribution in [2.75, 3.05) is 30.4 Å². The summed E-state index contributed by atoms with van der Waals surface area (Å²) in [7, 11) is 0. The summed E-state index contributed by atoms with van der Waals surface area (Å²) >= 11 is 0. The summed E-state index contributed by atoms with van der Waals surface area (Å²) in [6.45, 7) is 4.12. The average molecular weight is 279 g/mol. The summed E-state index contributed by atoms with van der Waals surface area (Å²) in [5.41, 5.74) is 5.77. The van der Waals surface area contributed by atoms with Crippen molar-refractivity contribution in [3.8, 4) is 6.01 Å². The van der Waals surface area contributed by atoms with Gasteiger partial charge in [-0.25, -0.2) is 0 Å². The minimum Gasteiger partial charge on any atom is -0.463 e. The Kier molecular flexibility index (Phi) is 3.86. The van der Waals surface area contributed by atoms with E-state index >= 15 is 0 Å². The second-order valence-electron chi connectivity index (χ2n) is 5.23. The fraction of sp³-hybridized carbons (Fsp3) is 0.769. The van der Waals surface area contributed by atoms with E-state index in [2.05, 4.69) is 19.9 Å². The van der Waals surface area contributed by atoms with E-state index in [9.17, 15) is 0 Å². The van der Waals surface area contributed by atoms with Gasteiger partial charge in [0.25, 0.3) is 0 Å². The highest BCUT2D eigenvalue weighted by atomic mass is 16.5. The molecule has 0 radical (unpaired) electrons. The molecule has 2 unspecified atom stereocenters. The summed E-state index contributed by atoms with van der Waals surface area (Å²) in [5.74, 6) is 0.825. The van der Waals surface area contributed by atoms with Crippen LogP contribution >= 0.6 is 0 Å². The second-order valence-corrected chi connectivity index (χ2v) is 5.23. The van der Waals surface area contributed by atoms with Crippen molar-refractivity contribution < 1.29 is 9.47 Å². The Morgan fingerprint density at radius 3 is 3.10 bits per heavy atom. The molecule has 0 amide bonds. The molecule has 1 aliphatic heterocycles. The molecule has 2 aliphatic rings. The zero-order chi connectivity index (χ0) is 13.9. The van der Waals surface area contributed by atoms with E-state index in [1.54, 1.807) is 0 Å². The molecule has 0 spiro atoms. The molecule has 7 nitrogen and oxygen atoms in total. The second kappa shape index (κ2) is 5.78. The number of rotatable bonds is 4. The van der Waals surface area contributed by atoms with Crippen LogP contribution in [-0.4, -0.2) is 46.9 Å². The Morgan fingerprint density at radius 2 is 2.25 bits per heavy atom. The van der Waals surface area contributed by atoms with Crippen molar-refractivity contribution in [2.24, 2.45) is 0 Å². The molecule has 2 heterocycles. The topological polar surface area (TPSA) is 86.4 Å². The lowest BCUT2D eigenvalue weighted by molar-refractivity contribution is 0.0249. The van der Waals surface area contributed by atoms with E-state index in [4.69, 9.17) is 15.2 Å². The SMILES string of the molecule is CCCOc1nc(N)nc(N2CCOC3CCCC32)n1. The molecule has 1 saturated carbocycles. The number of morpholine rings is 1. The molecule has 0 aromatic carbocycles. The first-order valence-electron chi connectivity index (χ1n) is 7.30. The Hall–Kier alpha value is -1.63. The van der Waals surface area contributed by atoms with Crippen LogP contribution in [0.5, 0.6) is 6.01 Å². The molecule has 2 atom stereocenters. The molecular formula is C13H21N5O2. The van der Waals surface area contributed by atoms with Crippen molar-refractivity contribution >= 4 is 11.9 Å². The van der Waals surface area contributed by atoms with Gasteiger partial charge >= 0.3 is 6.01 Å².